The van der Waals surface area contributed by atoms with E-state index in [0.29, 0.717) is 13.1 Å². The molecule has 1 fully saturated rings. The molecule has 0 saturated carbocycles. The van der Waals surface area contributed by atoms with Crippen LogP contribution in [-0.2, 0) is 10.0 Å². The van der Waals surface area contributed by atoms with Crippen LogP contribution in [0.4, 0.5) is 0 Å². The van der Waals surface area contributed by atoms with Crippen LogP contribution < -0.4 is 5.32 Å². The van der Waals surface area contributed by atoms with E-state index >= 15 is 0 Å². The molecule has 0 aromatic carbocycles. The van der Waals surface area contributed by atoms with Gasteiger partial charge in [-0.3, -0.25) is 0 Å². The Kier molecular flexibility index (Phi) is 4.98. The number of piperidine rings is 1. The van der Waals surface area contributed by atoms with Crippen molar-refractivity contribution in [3.8, 4) is 0 Å². The molecule has 0 spiro atoms. The first-order valence-corrected chi connectivity index (χ1v) is 6.93. The lowest BCUT2D eigenvalue weighted by Crippen LogP contribution is -2.46. The molecular formula is C9H20N2O3S. The van der Waals surface area contributed by atoms with Crippen LogP contribution >= 0.6 is 0 Å². The second kappa shape index (κ2) is 5.79. The van der Waals surface area contributed by atoms with Crippen molar-refractivity contribution >= 4 is 10.0 Å². The van der Waals surface area contributed by atoms with Crippen molar-refractivity contribution in [2.45, 2.75) is 25.0 Å². The number of hydrogen-bond acceptors (Lipinski definition) is 4. The van der Waals surface area contributed by atoms with Crippen molar-refractivity contribution in [2.24, 2.45) is 0 Å². The fourth-order valence-electron chi connectivity index (χ4n) is 1.86. The standard InChI is InChI=1S/C9H20N2O3S/c1-2-11(6-7-12)15(13,14)9-4-3-5-10-8-9/h9-10,12H,2-8H2,1H3. The summed E-state index contributed by atoms with van der Waals surface area (Å²) in [4.78, 5) is 0. The third-order valence-corrected chi connectivity index (χ3v) is 5.14. The highest BCUT2D eigenvalue weighted by atomic mass is 32.2. The van der Waals surface area contributed by atoms with Crippen molar-refractivity contribution in [3.05, 3.63) is 0 Å². The molecule has 1 heterocycles. The average Bonchev–Trinajstić information content (AvgIpc) is 2.27. The number of nitrogens with zero attached hydrogens (tertiary/aromatic N) is 1. The van der Waals surface area contributed by atoms with Crippen LogP contribution in [0.25, 0.3) is 0 Å². The van der Waals surface area contributed by atoms with E-state index in [4.69, 9.17) is 5.11 Å². The average molecular weight is 236 g/mol. The highest BCUT2D eigenvalue weighted by molar-refractivity contribution is 7.89. The summed E-state index contributed by atoms with van der Waals surface area (Å²) >= 11 is 0. The fourth-order valence-corrected chi connectivity index (χ4v) is 3.77. The van der Waals surface area contributed by atoms with E-state index in [-0.39, 0.29) is 18.4 Å². The Morgan fingerprint density at radius 1 is 1.53 bits per heavy atom. The molecule has 0 bridgehead atoms. The SMILES string of the molecule is CCN(CCO)S(=O)(=O)C1CCCNC1. The Hall–Kier alpha value is -0.170. The van der Waals surface area contributed by atoms with Gasteiger partial charge in [-0.05, 0) is 19.4 Å². The van der Waals surface area contributed by atoms with E-state index in [1.807, 2.05) is 0 Å². The number of aliphatic hydroxyl groups is 1. The summed E-state index contributed by atoms with van der Waals surface area (Å²) < 4.78 is 25.5. The van der Waals surface area contributed by atoms with Gasteiger partial charge in [0.15, 0.2) is 0 Å². The van der Waals surface area contributed by atoms with Gasteiger partial charge in [0.25, 0.3) is 0 Å². The van der Waals surface area contributed by atoms with E-state index in [1.165, 1.54) is 4.31 Å². The van der Waals surface area contributed by atoms with E-state index in [0.717, 1.165) is 19.4 Å². The molecule has 5 nitrogen and oxygen atoms in total. The number of sulfonamides is 1. The summed E-state index contributed by atoms with van der Waals surface area (Å²) in [5, 5.41) is 11.6. The Labute approximate surface area is 91.5 Å². The topological polar surface area (TPSA) is 69.6 Å². The van der Waals surface area contributed by atoms with Gasteiger partial charge in [-0.1, -0.05) is 6.92 Å². The minimum atomic E-state index is -3.23. The van der Waals surface area contributed by atoms with Gasteiger partial charge in [0.05, 0.1) is 11.9 Å². The first-order chi connectivity index (χ1) is 7.12. The van der Waals surface area contributed by atoms with Crippen LogP contribution in [0.3, 0.4) is 0 Å². The molecule has 2 N–H and O–H groups in total. The van der Waals surface area contributed by atoms with Crippen molar-refractivity contribution in [1.82, 2.24) is 9.62 Å². The molecule has 90 valence electrons. The van der Waals surface area contributed by atoms with Gasteiger partial charge in [0.2, 0.25) is 10.0 Å². The molecule has 1 saturated heterocycles. The summed E-state index contributed by atoms with van der Waals surface area (Å²) in [6.45, 7) is 3.74. The number of aliphatic hydroxyl groups excluding tert-OH is 1. The van der Waals surface area contributed by atoms with Crippen LogP contribution in [0.2, 0.25) is 0 Å². The van der Waals surface area contributed by atoms with Crippen LogP contribution in [0, 0.1) is 0 Å². The quantitative estimate of drug-likeness (QED) is 0.667. The molecule has 0 radical (unpaired) electrons. The number of hydrogen-bond donors (Lipinski definition) is 2. The third-order valence-electron chi connectivity index (χ3n) is 2.73. The Bertz CT molecular complexity index is 262. The molecule has 0 aliphatic carbocycles. The predicted octanol–water partition coefficient (Wildman–Crippen LogP) is -0.618. The number of likely N-dealkylation sites (N-methyl/N-ethyl adjacent to an activating group) is 1. The Morgan fingerprint density at radius 3 is 2.73 bits per heavy atom. The summed E-state index contributed by atoms with van der Waals surface area (Å²) in [6.07, 6.45) is 1.62. The zero-order chi connectivity index (χ0) is 11.3. The predicted molar refractivity (Wildman–Crippen MR) is 59.1 cm³/mol. The summed E-state index contributed by atoms with van der Waals surface area (Å²) in [6, 6.07) is 0. The van der Waals surface area contributed by atoms with Crippen LogP contribution in [0.1, 0.15) is 19.8 Å². The first-order valence-electron chi connectivity index (χ1n) is 5.43. The van der Waals surface area contributed by atoms with E-state index in [2.05, 4.69) is 5.32 Å². The molecular weight excluding hydrogens is 216 g/mol. The molecule has 0 aromatic heterocycles. The first kappa shape index (κ1) is 12.9. The molecule has 15 heavy (non-hydrogen) atoms. The maximum absolute atomic E-state index is 12.1. The number of nitrogens with one attached hydrogen (secondary N) is 1. The zero-order valence-electron chi connectivity index (χ0n) is 9.15. The highest BCUT2D eigenvalue weighted by Gasteiger charge is 2.31. The summed E-state index contributed by atoms with van der Waals surface area (Å²) in [5.74, 6) is 0. The van der Waals surface area contributed by atoms with Gasteiger partial charge in [-0.25, -0.2) is 8.42 Å². The van der Waals surface area contributed by atoms with Crippen LogP contribution in [0.15, 0.2) is 0 Å². The fraction of sp³-hybridized carbons (Fsp3) is 1.00. The van der Waals surface area contributed by atoms with Crippen LogP contribution in [-0.4, -0.2) is 55.9 Å². The lowest BCUT2D eigenvalue weighted by molar-refractivity contribution is 0.255. The molecule has 1 atom stereocenters. The maximum Gasteiger partial charge on any atom is 0.218 e. The van der Waals surface area contributed by atoms with E-state index in [1.54, 1.807) is 6.92 Å². The second-order valence-corrected chi connectivity index (χ2v) is 5.94. The Balaban J connectivity index is 2.69. The van der Waals surface area contributed by atoms with Crippen molar-refractivity contribution in [1.29, 1.82) is 0 Å². The molecule has 1 unspecified atom stereocenters. The largest absolute Gasteiger partial charge is 0.395 e. The normalized spacial score (nSPS) is 23.3. The summed E-state index contributed by atoms with van der Waals surface area (Å²) in [7, 11) is -3.23. The van der Waals surface area contributed by atoms with E-state index < -0.39 is 10.0 Å². The highest BCUT2D eigenvalue weighted by Crippen LogP contribution is 2.15. The van der Waals surface area contributed by atoms with Crippen molar-refractivity contribution in [3.63, 3.8) is 0 Å². The molecule has 1 aliphatic heterocycles. The van der Waals surface area contributed by atoms with Gasteiger partial charge in [-0.15, -0.1) is 0 Å². The zero-order valence-corrected chi connectivity index (χ0v) is 9.96. The summed E-state index contributed by atoms with van der Waals surface area (Å²) in [5.41, 5.74) is 0. The van der Waals surface area contributed by atoms with Gasteiger partial charge < -0.3 is 10.4 Å². The van der Waals surface area contributed by atoms with Gasteiger partial charge in [-0.2, -0.15) is 4.31 Å². The van der Waals surface area contributed by atoms with Crippen molar-refractivity contribution in [2.75, 3.05) is 32.8 Å². The van der Waals surface area contributed by atoms with E-state index in [9.17, 15) is 8.42 Å². The molecule has 0 aromatic rings. The molecule has 1 rings (SSSR count). The third kappa shape index (κ3) is 3.14. The minimum absolute atomic E-state index is 0.118. The lowest BCUT2D eigenvalue weighted by Gasteiger charge is -2.28. The van der Waals surface area contributed by atoms with Gasteiger partial charge in [0.1, 0.15) is 0 Å². The maximum atomic E-state index is 12.1. The van der Waals surface area contributed by atoms with Gasteiger partial charge >= 0.3 is 0 Å². The van der Waals surface area contributed by atoms with Crippen LogP contribution in [0.5, 0.6) is 0 Å². The minimum Gasteiger partial charge on any atom is -0.395 e. The van der Waals surface area contributed by atoms with Crippen molar-refractivity contribution < 1.29 is 13.5 Å². The monoisotopic (exact) mass is 236 g/mol. The molecule has 0 amide bonds. The lowest BCUT2D eigenvalue weighted by atomic mass is 10.2. The molecule has 1 aliphatic rings. The number of rotatable bonds is 5. The second-order valence-electron chi connectivity index (χ2n) is 3.73. The van der Waals surface area contributed by atoms with Gasteiger partial charge in [0, 0.05) is 19.6 Å². The smallest absolute Gasteiger partial charge is 0.218 e. The molecule has 6 heteroatoms. The Morgan fingerprint density at radius 2 is 2.27 bits per heavy atom.